The fourth-order valence-electron chi connectivity index (χ4n) is 3.37. The number of hydrogen-bond donors (Lipinski definition) is 1. The monoisotopic (exact) mass is 464 g/mol. The van der Waals surface area contributed by atoms with E-state index >= 15 is 0 Å². The third-order valence-electron chi connectivity index (χ3n) is 4.72. The maximum Gasteiger partial charge on any atom is 0.240 e. The van der Waals surface area contributed by atoms with E-state index in [1.807, 2.05) is 45.0 Å². The summed E-state index contributed by atoms with van der Waals surface area (Å²) in [4.78, 5) is 23.7. The first-order valence-corrected chi connectivity index (χ1v) is 11.6. The van der Waals surface area contributed by atoms with Crippen LogP contribution in [0.1, 0.15) is 32.2 Å². The van der Waals surface area contributed by atoms with Gasteiger partial charge in [-0.2, -0.15) is 14.6 Å². The minimum Gasteiger partial charge on any atom is -0.470 e. The molecule has 2 N–H and O–H groups in total. The van der Waals surface area contributed by atoms with Gasteiger partial charge >= 0.3 is 0 Å². The van der Waals surface area contributed by atoms with Gasteiger partial charge in [0.05, 0.1) is 27.3 Å². The molecule has 0 saturated heterocycles. The van der Waals surface area contributed by atoms with Crippen LogP contribution in [-0.2, 0) is 13.0 Å². The van der Waals surface area contributed by atoms with Gasteiger partial charge in [0.25, 0.3) is 0 Å². The minimum absolute atomic E-state index is 0.179. The first-order valence-electron chi connectivity index (χ1n) is 9.92. The van der Waals surface area contributed by atoms with E-state index in [9.17, 15) is 0 Å². The lowest BCUT2D eigenvalue weighted by Gasteiger charge is -2.08. The highest BCUT2D eigenvalue weighted by Gasteiger charge is 2.17. The Morgan fingerprint density at radius 3 is 2.62 bits per heavy atom. The predicted molar refractivity (Wildman–Crippen MR) is 124 cm³/mol. The molecular weight excluding hydrogens is 444 g/mol. The summed E-state index contributed by atoms with van der Waals surface area (Å²) in [6.07, 6.45) is 0.505. The summed E-state index contributed by atoms with van der Waals surface area (Å²) in [5.41, 5.74) is 7.84. The number of ether oxygens (including phenoxy) is 1. The second-order valence-electron chi connectivity index (χ2n) is 7.19. The van der Waals surface area contributed by atoms with E-state index in [1.54, 1.807) is 33.4 Å². The second-order valence-corrected chi connectivity index (χ2v) is 9.71. The number of thiazole rings is 2. The standard InChI is InChI=1S/C21H20N8OS2/c1-11-15(25-13(3)31-11)8-17-27-21(22)28-29(17)18-9-19(24-12(2)23-18)30-10-20-26-14-6-4-5-7-16(14)32-20/h4-7,9H,8,10H2,1-3H3,(H2,22,28). The zero-order valence-electron chi connectivity index (χ0n) is 17.7. The highest BCUT2D eigenvalue weighted by atomic mass is 32.1. The zero-order valence-corrected chi connectivity index (χ0v) is 19.4. The molecule has 0 atom stereocenters. The van der Waals surface area contributed by atoms with Crippen molar-refractivity contribution in [3.8, 4) is 11.7 Å². The molecule has 5 aromatic rings. The minimum atomic E-state index is 0.179. The fourth-order valence-corrected chi connectivity index (χ4v) is 5.09. The SMILES string of the molecule is Cc1nc(OCc2nc3ccccc3s2)cc(-n2nc(N)nc2Cc2nc(C)sc2C)n1. The summed E-state index contributed by atoms with van der Waals surface area (Å²) in [6, 6.07) is 9.75. The van der Waals surface area contributed by atoms with E-state index in [2.05, 4.69) is 30.0 Å². The summed E-state index contributed by atoms with van der Waals surface area (Å²) >= 11 is 3.26. The lowest BCUT2D eigenvalue weighted by Crippen LogP contribution is -2.09. The van der Waals surface area contributed by atoms with Gasteiger partial charge in [-0.25, -0.2) is 15.0 Å². The third kappa shape index (κ3) is 4.16. The molecule has 0 spiro atoms. The van der Waals surface area contributed by atoms with Crippen molar-refractivity contribution >= 4 is 38.8 Å². The molecule has 5 rings (SSSR count). The zero-order chi connectivity index (χ0) is 22.2. The molecule has 0 aliphatic carbocycles. The average molecular weight is 465 g/mol. The highest BCUT2D eigenvalue weighted by molar-refractivity contribution is 7.18. The normalized spacial score (nSPS) is 11.3. The Kier molecular flexibility index (Phi) is 5.27. The van der Waals surface area contributed by atoms with Crippen LogP contribution < -0.4 is 10.5 Å². The molecular formula is C21H20N8OS2. The number of nitrogens with zero attached hydrogens (tertiary/aromatic N) is 7. The van der Waals surface area contributed by atoms with Crippen LogP contribution in [0.3, 0.4) is 0 Å². The van der Waals surface area contributed by atoms with Gasteiger partial charge in [-0.05, 0) is 32.9 Å². The van der Waals surface area contributed by atoms with Crippen LogP contribution in [0, 0.1) is 20.8 Å². The number of aryl methyl sites for hydroxylation is 3. The van der Waals surface area contributed by atoms with Gasteiger partial charge in [-0.1, -0.05) is 12.1 Å². The van der Waals surface area contributed by atoms with Crippen LogP contribution in [0.25, 0.3) is 16.0 Å². The van der Waals surface area contributed by atoms with Crippen molar-refractivity contribution in [3.63, 3.8) is 0 Å². The Hall–Kier alpha value is -3.44. The largest absolute Gasteiger partial charge is 0.470 e. The molecule has 4 heterocycles. The van der Waals surface area contributed by atoms with E-state index in [0.717, 1.165) is 30.8 Å². The van der Waals surface area contributed by atoms with Crippen molar-refractivity contribution in [2.24, 2.45) is 0 Å². The van der Waals surface area contributed by atoms with E-state index in [0.29, 0.717) is 36.4 Å². The Balaban J connectivity index is 1.41. The number of rotatable bonds is 6. The molecule has 162 valence electrons. The Morgan fingerprint density at radius 2 is 1.84 bits per heavy atom. The Bertz CT molecular complexity index is 1390. The number of benzene rings is 1. The molecule has 11 heteroatoms. The van der Waals surface area contributed by atoms with Gasteiger partial charge < -0.3 is 10.5 Å². The molecule has 9 nitrogen and oxygen atoms in total. The highest BCUT2D eigenvalue weighted by Crippen LogP contribution is 2.24. The molecule has 0 fully saturated rings. The summed E-state index contributed by atoms with van der Waals surface area (Å²) < 4.78 is 8.70. The topological polar surface area (TPSA) is 118 Å². The van der Waals surface area contributed by atoms with Crippen LogP contribution in [0.2, 0.25) is 0 Å². The smallest absolute Gasteiger partial charge is 0.240 e. The van der Waals surface area contributed by atoms with E-state index in [1.165, 1.54) is 0 Å². The van der Waals surface area contributed by atoms with Gasteiger partial charge in [0, 0.05) is 10.9 Å². The number of hydrogen-bond acceptors (Lipinski definition) is 10. The second kappa shape index (κ2) is 8.24. The van der Waals surface area contributed by atoms with Gasteiger partial charge in [-0.15, -0.1) is 27.8 Å². The summed E-state index contributed by atoms with van der Waals surface area (Å²) in [6.45, 7) is 6.16. The molecule has 0 aliphatic rings. The number of para-hydroxylation sites is 1. The molecule has 4 aromatic heterocycles. The van der Waals surface area contributed by atoms with E-state index < -0.39 is 0 Å². The average Bonchev–Trinajstić information content (AvgIpc) is 3.42. The lowest BCUT2D eigenvalue weighted by molar-refractivity contribution is 0.292. The maximum atomic E-state index is 5.95. The van der Waals surface area contributed by atoms with Gasteiger partial charge in [0.15, 0.2) is 5.82 Å². The summed E-state index contributed by atoms with van der Waals surface area (Å²) in [5.74, 6) is 2.37. The number of nitrogens with two attached hydrogens (primary N) is 1. The van der Waals surface area contributed by atoms with E-state index in [-0.39, 0.29) is 5.95 Å². The Morgan fingerprint density at radius 1 is 1.00 bits per heavy atom. The number of anilines is 1. The number of nitrogen functional groups attached to an aromatic ring is 1. The van der Waals surface area contributed by atoms with Crippen molar-refractivity contribution in [2.45, 2.75) is 33.8 Å². The maximum absolute atomic E-state index is 5.95. The van der Waals surface area contributed by atoms with Gasteiger partial charge in [0.2, 0.25) is 11.8 Å². The number of fused-ring (bicyclic) bond motifs is 1. The molecule has 0 amide bonds. The molecule has 32 heavy (non-hydrogen) atoms. The molecule has 0 aliphatic heterocycles. The van der Waals surface area contributed by atoms with Crippen LogP contribution in [-0.4, -0.2) is 34.7 Å². The van der Waals surface area contributed by atoms with Crippen molar-refractivity contribution < 1.29 is 4.74 Å². The van der Waals surface area contributed by atoms with Crippen LogP contribution in [0.4, 0.5) is 5.95 Å². The first kappa shape index (κ1) is 20.5. The molecule has 0 bridgehead atoms. The molecule has 0 unspecified atom stereocenters. The molecule has 1 aromatic carbocycles. The fraction of sp³-hybridized carbons (Fsp3) is 0.238. The molecule has 0 radical (unpaired) electrons. The van der Waals surface area contributed by atoms with Crippen LogP contribution >= 0.6 is 22.7 Å². The van der Waals surface area contributed by atoms with Crippen molar-refractivity contribution in [3.05, 3.63) is 62.6 Å². The summed E-state index contributed by atoms with van der Waals surface area (Å²) in [7, 11) is 0. The van der Waals surface area contributed by atoms with Crippen molar-refractivity contribution in [2.75, 3.05) is 5.73 Å². The molecule has 0 saturated carbocycles. The Labute approximate surface area is 192 Å². The lowest BCUT2D eigenvalue weighted by atomic mass is 10.2. The van der Waals surface area contributed by atoms with Crippen LogP contribution in [0.5, 0.6) is 5.88 Å². The van der Waals surface area contributed by atoms with Crippen LogP contribution in [0.15, 0.2) is 30.3 Å². The van der Waals surface area contributed by atoms with Gasteiger partial charge in [-0.3, -0.25) is 0 Å². The van der Waals surface area contributed by atoms with Gasteiger partial charge in [0.1, 0.15) is 23.3 Å². The predicted octanol–water partition coefficient (Wildman–Crippen LogP) is 3.80. The van der Waals surface area contributed by atoms with E-state index in [4.69, 9.17) is 10.5 Å². The third-order valence-corrected chi connectivity index (χ3v) is 6.65. The summed E-state index contributed by atoms with van der Waals surface area (Å²) in [5, 5.41) is 6.24. The quantitative estimate of drug-likeness (QED) is 0.403. The van der Waals surface area contributed by atoms with Crippen molar-refractivity contribution in [1.29, 1.82) is 0 Å². The first-order chi connectivity index (χ1) is 15.4. The number of aromatic nitrogens is 7. The van der Waals surface area contributed by atoms with Crippen molar-refractivity contribution in [1.82, 2.24) is 34.7 Å².